The normalized spacial score (nSPS) is 10.6. The molecule has 27 heavy (non-hydrogen) atoms. The summed E-state index contributed by atoms with van der Waals surface area (Å²) in [5.41, 5.74) is 2.70. The van der Waals surface area contributed by atoms with Gasteiger partial charge in [0, 0.05) is 17.8 Å². The molecule has 4 rings (SSSR count). The van der Waals surface area contributed by atoms with Gasteiger partial charge < -0.3 is 10.6 Å². The van der Waals surface area contributed by atoms with E-state index in [0.717, 1.165) is 16.6 Å². The molecular formula is C21H15FN4O. The van der Waals surface area contributed by atoms with E-state index >= 15 is 0 Å². The number of hydrogen-bond donors (Lipinski definition) is 2. The van der Waals surface area contributed by atoms with E-state index in [2.05, 4.69) is 20.6 Å². The monoisotopic (exact) mass is 358 g/mol. The highest BCUT2D eigenvalue weighted by atomic mass is 19.1. The molecule has 2 aromatic carbocycles. The number of pyridine rings is 2. The van der Waals surface area contributed by atoms with Crippen LogP contribution in [0.15, 0.2) is 79.3 Å². The van der Waals surface area contributed by atoms with Crippen LogP contribution in [0.1, 0.15) is 10.4 Å². The Morgan fingerprint density at radius 1 is 0.926 bits per heavy atom. The number of anilines is 3. The van der Waals surface area contributed by atoms with Crippen molar-refractivity contribution in [1.82, 2.24) is 9.97 Å². The molecule has 0 bridgehead atoms. The fraction of sp³-hybridized carbons (Fsp3) is 0. The molecule has 5 nitrogen and oxygen atoms in total. The molecule has 0 radical (unpaired) electrons. The second kappa shape index (κ2) is 7.21. The van der Waals surface area contributed by atoms with Gasteiger partial charge in [0.1, 0.15) is 5.82 Å². The van der Waals surface area contributed by atoms with Crippen molar-refractivity contribution < 1.29 is 9.18 Å². The fourth-order valence-electron chi connectivity index (χ4n) is 2.75. The van der Waals surface area contributed by atoms with Crippen molar-refractivity contribution in [3.63, 3.8) is 0 Å². The van der Waals surface area contributed by atoms with Gasteiger partial charge in [-0.3, -0.25) is 14.8 Å². The first-order chi connectivity index (χ1) is 13.2. The predicted molar refractivity (Wildman–Crippen MR) is 104 cm³/mol. The first-order valence-electron chi connectivity index (χ1n) is 8.32. The van der Waals surface area contributed by atoms with Crippen LogP contribution in [0.25, 0.3) is 10.9 Å². The number of carbonyl (C=O) groups is 1. The summed E-state index contributed by atoms with van der Waals surface area (Å²) in [5, 5.41) is 6.80. The maximum atomic E-state index is 13.7. The summed E-state index contributed by atoms with van der Waals surface area (Å²) >= 11 is 0. The van der Waals surface area contributed by atoms with Gasteiger partial charge in [0.2, 0.25) is 0 Å². The topological polar surface area (TPSA) is 66.9 Å². The Balaban J connectivity index is 1.59. The number of nitrogens with one attached hydrogen (secondary N) is 2. The van der Waals surface area contributed by atoms with Gasteiger partial charge >= 0.3 is 0 Å². The van der Waals surface area contributed by atoms with E-state index in [-0.39, 0.29) is 5.69 Å². The van der Waals surface area contributed by atoms with Gasteiger partial charge in [0.15, 0.2) is 0 Å². The molecule has 132 valence electrons. The van der Waals surface area contributed by atoms with Crippen molar-refractivity contribution in [1.29, 1.82) is 0 Å². The molecular weight excluding hydrogens is 343 g/mol. The van der Waals surface area contributed by atoms with Crippen LogP contribution in [0.3, 0.4) is 0 Å². The Bertz CT molecular complexity index is 1120. The standard InChI is InChI=1S/C21H15FN4O/c22-17-7-1-2-8-18(17)26-21(27)15-11-16(13-23-12-15)25-19-9-3-5-14-6-4-10-24-20(14)19/h1-13,25H,(H,26,27). The molecule has 6 heteroatoms. The lowest BCUT2D eigenvalue weighted by molar-refractivity contribution is 0.102. The molecule has 0 aliphatic rings. The maximum Gasteiger partial charge on any atom is 0.257 e. The van der Waals surface area contributed by atoms with E-state index < -0.39 is 11.7 Å². The lowest BCUT2D eigenvalue weighted by atomic mass is 10.2. The summed E-state index contributed by atoms with van der Waals surface area (Å²) < 4.78 is 13.7. The van der Waals surface area contributed by atoms with Crippen molar-refractivity contribution in [3.8, 4) is 0 Å². The summed E-state index contributed by atoms with van der Waals surface area (Å²) in [6.07, 6.45) is 4.77. The van der Waals surface area contributed by atoms with Crippen LogP contribution in [0.4, 0.5) is 21.5 Å². The van der Waals surface area contributed by atoms with Crippen LogP contribution < -0.4 is 10.6 Å². The number of halogens is 1. The van der Waals surface area contributed by atoms with E-state index in [1.165, 1.54) is 18.3 Å². The van der Waals surface area contributed by atoms with Gasteiger partial charge in [-0.2, -0.15) is 0 Å². The van der Waals surface area contributed by atoms with Crippen LogP contribution in [0, 0.1) is 5.82 Å². The van der Waals surface area contributed by atoms with Gasteiger partial charge in [0.05, 0.1) is 34.3 Å². The molecule has 4 aromatic rings. The van der Waals surface area contributed by atoms with Crippen molar-refractivity contribution in [2.75, 3.05) is 10.6 Å². The largest absolute Gasteiger partial charge is 0.352 e. The Labute approximate surface area is 154 Å². The summed E-state index contributed by atoms with van der Waals surface area (Å²) in [6.45, 7) is 0. The smallest absolute Gasteiger partial charge is 0.257 e. The molecule has 0 atom stereocenters. The van der Waals surface area contributed by atoms with Crippen LogP contribution in [-0.2, 0) is 0 Å². The Morgan fingerprint density at radius 2 is 1.74 bits per heavy atom. The van der Waals surface area contributed by atoms with E-state index in [0.29, 0.717) is 11.3 Å². The van der Waals surface area contributed by atoms with E-state index in [4.69, 9.17) is 0 Å². The summed E-state index contributed by atoms with van der Waals surface area (Å²) in [4.78, 5) is 20.9. The lowest BCUT2D eigenvalue weighted by Crippen LogP contribution is -2.13. The van der Waals surface area contributed by atoms with Crippen LogP contribution in [0.5, 0.6) is 0 Å². The van der Waals surface area contributed by atoms with Gasteiger partial charge in [-0.25, -0.2) is 4.39 Å². The summed E-state index contributed by atoms with van der Waals surface area (Å²) in [5.74, 6) is -0.929. The van der Waals surface area contributed by atoms with Crippen molar-refractivity contribution in [2.24, 2.45) is 0 Å². The molecule has 0 saturated carbocycles. The van der Waals surface area contributed by atoms with Crippen LogP contribution in [0.2, 0.25) is 0 Å². The predicted octanol–water partition coefficient (Wildman–Crippen LogP) is 4.76. The Kier molecular flexibility index (Phi) is 4.45. The number of amides is 1. The fourth-order valence-corrected chi connectivity index (χ4v) is 2.75. The zero-order valence-electron chi connectivity index (χ0n) is 14.2. The number of benzene rings is 2. The highest BCUT2D eigenvalue weighted by Crippen LogP contribution is 2.24. The summed E-state index contributed by atoms with van der Waals surface area (Å²) in [6, 6.07) is 17.3. The number of rotatable bonds is 4. The lowest BCUT2D eigenvalue weighted by Gasteiger charge is -2.10. The van der Waals surface area contributed by atoms with Gasteiger partial charge in [-0.05, 0) is 30.3 Å². The average Bonchev–Trinajstić information content (AvgIpc) is 2.70. The molecule has 1 amide bonds. The third-order valence-electron chi connectivity index (χ3n) is 4.03. The van der Waals surface area contributed by atoms with E-state index in [9.17, 15) is 9.18 Å². The molecule has 0 fully saturated rings. The second-order valence-corrected chi connectivity index (χ2v) is 5.90. The Morgan fingerprint density at radius 3 is 2.63 bits per heavy atom. The molecule has 0 aliphatic heterocycles. The number of aromatic nitrogens is 2. The van der Waals surface area contributed by atoms with Crippen LogP contribution in [-0.4, -0.2) is 15.9 Å². The van der Waals surface area contributed by atoms with Gasteiger partial charge in [0.25, 0.3) is 5.91 Å². The van der Waals surface area contributed by atoms with Crippen LogP contribution >= 0.6 is 0 Å². The minimum Gasteiger partial charge on any atom is -0.352 e. The van der Waals surface area contributed by atoms with Crippen molar-refractivity contribution in [3.05, 3.63) is 90.6 Å². The first-order valence-corrected chi connectivity index (χ1v) is 8.32. The molecule has 2 N–H and O–H groups in total. The third-order valence-corrected chi connectivity index (χ3v) is 4.03. The molecule has 0 spiro atoms. The quantitative estimate of drug-likeness (QED) is 0.552. The zero-order valence-corrected chi connectivity index (χ0v) is 14.2. The maximum absolute atomic E-state index is 13.7. The second-order valence-electron chi connectivity index (χ2n) is 5.90. The number of nitrogens with zero attached hydrogens (tertiary/aromatic N) is 2. The summed E-state index contributed by atoms with van der Waals surface area (Å²) in [7, 11) is 0. The SMILES string of the molecule is O=C(Nc1ccccc1F)c1cncc(Nc2cccc3cccnc23)c1. The molecule has 0 unspecified atom stereocenters. The van der Waals surface area contributed by atoms with E-state index in [1.807, 2.05) is 30.3 Å². The number of fused-ring (bicyclic) bond motifs is 1. The third kappa shape index (κ3) is 3.59. The first kappa shape index (κ1) is 16.7. The Hall–Kier alpha value is -3.80. The molecule has 2 heterocycles. The zero-order chi connectivity index (χ0) is 18.6. The average molecular weight is 358 g/mol. The number of hydrogen-bond acceptors (Lipinski definition) is 4. The number of para-hydroxylation sites is 2. The van der Waals surface area contributed by atoms with Gasteiger partial charge in [-0.15, -0.1) is 0 Å². The minimum atomic E-state index is -0.491. The molecule has 0 aliphatic carbocycles. The van der Waals surface area contributed by atoms with Gasteiger partial charge in [-0.1, -0.05) is 30.3 Å². The van der Waals surface area contributed by atoms with Crippen molar-refractivity contribution in [2.45, 2.75) is 0 Å². The van der Waals surface area contributed by atoms with Crippen molar-refractivity contribution >= 4 is 33.9 Å². The molecule has 0 saturated heterocycles. The highest BCUT2D eigenvalue weighted by molar-refractivity contribution is 6.04. The minimum absolute atomic E-state index is 0.124. The highest BCUT2D eigenvalue weighted by Gasteiger charge is 2.11. The van der Waals surface area contributed by atoms with E-state index in [1.54, 1.807) is 30.6 Å². The number of carbonyl (C=O) groups excluding carboxylic acids is 1. The molecule has 2 aromatic heterocycles.